The number of rotatable bonds is 3. The van der Waals surface area contributed by atoms with Gasteiger partial charge in [-0.1, -0.05) is 18.2 Å². The van der Waals surface area contributed by atoms with E-state index >= 15 is 0 Å². The van der Waals surface area contributed by atoms with E-state index in [0.717, 1.165) is 23.6 Å². The molecule has 0 amide bonds. The average Bonchev–Trinajstić information content (AvgIpc) is 2.71. The predicted molar refractivity (Wildman–Crippen MR) is 81.3 cm³/mol. The maximum Gasteiger partial charge on any atom is 0.304 e. The van der Waals surface area contributed by atoms with Crippen LogP contribution in [0.25, 0.3) is 0 Å². The molecule has 2 unspecified atom stereocenters. The number of thioether (sulfide) groups is 1. The minimum atomic E-state index is -3.25. The van der Waals surface area contributed by atoms with Gasteiger partial charge in [-0.3, -0.25) is 9.69 Å². The number of carboxylic acids is 1. The number of nitrogens with zero attached hydrogens (tertiary/aromatic N) is 1. The SMILES string of the molecule is O=C(O)CC1CSCCN1C1CS(=O)(=O)c2ccccc21. The van der Waals surface area contributed by atoms with E-state index in [1.165, 1.54) is 0 Å². The molecule has 114 valence electrons. The van der Waals surface area contributed by atoms with E-state index in [4.69, 9.17) is 5.11 Å². The van der Waals surface area contributed by atoms with Crippen molar-refractivity contribution in [2.45, 2.75) is 23.4 Å². The molecule has 1 aromatic carbocycles. The lowest BCUT2D eigenvalue weighted by Crippen LogP contribution is -2.46. The van der Waals surface area contributed by atoms with Gasteiger partial charge >= 0.3 is 5.97 Å². The number of sulfone groups is 1. The first-order chi connectivity index (χ1) is 9.99. The Hall–Kier alpha value is -1.05. The van der Waals surface area contributed by atoms with Crippen molar-refractivity contribution in [1.29, 1.82) is 0 Å². The summed E-state index contributed by atoms with van der Waals surface area (Å²) in [7, 11) is -3.25. The number of hydrogen-bond donors (Lipinski definition) is 1. The molecule has 0 aliphatic carbocycles. The second-order valence-corrected chi connectivity index (χ2v) is 8.55. The van der Waals surface area contributed by atoms with Gasteiger partial charge in [-0.05, 0) is 11.6 Å². The van der Waals surface area contributed by atoms with Gasteiger partial charge in [0.05, 0.1) is 23.1 Å². The topological polar surface area (TPSA) is 74.7 Å². The van der Waals surface area contributed by atoms with Gasteiger partial charge in [-0.25, -0.2) is 8.42 Å². The molecule has 5 nitrogen and oxygen atoms in total. The minimum Gasteiger partial charge on any atom is -0.481 e. The quantitative estimate of drug-likeness (QED) is 0.905. The lowest BCUT2D eigenvalue weighted by Gasteiger charge is -2.38. The third-order valence-corrected chi connectivity index (χ3v) is 6.96. The van der Waals surface area contributed by atoms with Crippen molar-refractivity contribution in [3.8, 4) is 0 Å². The Balaban J connectivity index is 1.94. The first kappa shape index (κ1) is 14.9. The van der Waals surface area contributed by atoms with Crippen LogP contribution in [0.15, 0.2) is 29.2 Å². The van der Waals surface area contributed by atoms with Crippen molar-refractivity contribution >= 4 is 27.6 Å². The fourth-order valence-electron chi connectivity index (χ4n) is 3.16. The first-order valence-electron chi connectivity index (χ1n) is 6.86. The number of benzene rings is 1. The van der Waals surface area contributed by atoms with Crippen molar-refractivity contribution < 1.29 is 18.3 Å². The highest BCUT2D eigenvalue weighted by Crippen LogP contribution is 2.39. The van der Waals surface area contributed by atoms with Crippen LogP contribution in [0.4, 0.5) is 0 Å². The molecule has 2 aliphatic heterocycles. The summed E-state index contributed by atoms with van der Waals surface area (Å²) in [6.45, 7) is 0.733. The van der Waals surface area contributed by atoms with E-state index < -0.39 is 15.8 Å². The zero-order chi connectivity index (χ0) is 15.0. The van der Waals surface area contributed by atoms with Crippen LogP contribution in [-0.2, 0) is 14.6 Å². The van der Waals surface area contributed by atoms with Crippen LogP contribution >= 0.6 is 11.8 Å². The molecule has 21 heavy (non-hydrogen) atoms. The molecule has 0 bridgehead atoms. The highest BCUT2D eigenvalue weighted by Gasteiger charge is 2.41. The summed E-state index contributed by atoms with van der Waals surface area (Å²) in [5, 5.41) is 9.07. The third-order valence-electron chi connectivity index (χ3n) is 4.07. The molecule has 7 heteroatoms. The summed E-state index contributed by atoms with van der Waals surface area (Å²) in [6, 6.07) is 6.76. The summed E-state index contributed by atoms with van der Waals surface area (Å²) >= 11 is 1.73. The maximum absolute atomic E-state index is 12.3. The number of fused-ring (bicyclic) bond motifs is 1. The Morgan fingerprint density at radius 1 is 1.38 bits per heavy atom. The zero-order valence-electron chi connectivity index (χ0n) is 11.4. The Labute approximate surface area is 128 Å². The number of hydrogen-bond acceptors (Lipinski definition) is 5. The first-order valence-corrected chi connectivity index (χ1v) is 9.67. The summed E-state index contributed by atoms with van der Waals surface area (Å²) in [4.78, 5) is 13.5. The average molecular weight is 327 g/mol. The molecule has 0 saturated carbocycles. The second kappa shape index (κ2) is 5.62. The Kier molecular flexibility index (Phi) is 3.98. The van der Waals surface area contributed by atoms with E-state index in [0.29, 0.717) is 4.90 Å². The number of carbonyl (C=O) groups is 1. The summed E-state index contributed by atoms with van der Waals surface area (Å²) < 4.78 is 24.6. The van der Waals surface area contributed by atoms with Gasteiger partial charge in [-0.15, -0.1) is 0 Å². The maximum atomic E-state index is 12.3. The van der Waals surface area contributed by atoms with Crippen molar-refractivity contribution in [2.75, 3.05) is 23.8 Å². The molecule has 2 atom stereocenters. The van der Waals surface area contributed by atoms with Gasteiger partial charge in [0.25, 0.3) is 0 Å². The highest BCUT2D eigenvalue weighted by atomic mass is 32.2. The van der Waals surface area contributed by atoms with Gasteiger partial charge in [-0.2, -0.15) is 11.8 Å². The summed E-state index contributed by atoms with van der Waals surface area (Å²) in [5.74, 6) is 0.883. The van der Waals surface area contributed by atoms with Gasteiger partial charge in [0.15, 0.2) is 9.84 Å². The molecule has 1 saturated heterocycles. The fraction of sp³-hybridized carbons (Fsp3) is 0.500. The fourth-order valence-corrected chi connectivity index (χ4v) is 6.06. The molecule has 1 N–H and O–H groups in total. The normalized spacial score (nSPS) is 28.2. The van der Waals surface area contributed by atoms with Gasteiger partial charge < -0.3 is 5.11 Å². The van der Waals surface area contributed by atoms with Gasteiger partial charge in [0.2, 0.25) is 0 Å². The summed E-state index contributed by atoms with van der Waals surface area (Å²) in [5.41, 5.74) is 0.819. The zero-order valence-corrected chi connectivity index (χ0v) is 13.1. The number of carboxylic acid groups (broad SMARTS) is 1. The van der Waals surface area contributed by atoms with Crippen molar-refractivity contribution in [3.63, 3.8) is 0 Å². The van der Waals surface area contributed by atoms with E-state index in [9.17, 15) is 13.2 Å². The van der Waals surface area contributed by atoms with Crippen LogP contribution in [0.2, 0.25) is 0 Å². The minimum absolute atomic E-state index is 0.0612. The number of aliphatic carboxylic acids is 1. The van der Waals surface area contributed by atoms with Gasteiger partial charge in [0, 0.05) is 24.1 Å². The van der Waals surface area contributed by atoms with Crippen molar-refractivity contribution in [2.24, 2.45) is 0 Å². The van der Waals surface area contributed by atoms with E-state index in [1.54, 1.807) is 23.9 Å². The van der Waals surface area contributed by atoms with Crippen LogP contribution in [-0.4, -0.2) is 54.2 Å². The molecule has 2 aliphatic rings. The molecule has 0 aromatic heterocycles. The smallest absolute Gasteiger partial charge is 0.304 e. The lowest BCUT2D eigenvalue weighted by molar-refractivity contribution is -0.138. The Bertz CT molecular complexity index is 659. The van der Waals surface area contributed by atoms with Gasteiger partial charge in [0.1, 0.15) is 0 Å². The largest absolute Gasteiger partial charge is 0.481 e. The monoisotopic (exact) mass is 327 g/mol. The van der Waals surface area contributed by atoms with E-state index in [2.05, 4.69) is 4.90 Å². The van der Waals surface area contributed by atoms with Crippen LogP contribution in [0.5, 0.6) is 0 Å². The van der Waals surface area contributed by atoms with Crippen LogP contribution in [0, 0.1) is 0 Å². The molecule has 3 rings (SSSR count). The Morgan fingerprint density at radius 2 is 2.14 bits per heavy atom. The standard InChI is InChI=1S/C14H17NO4S2/c16-14(17)7-10-8-20-6-5-15(10)12-9-21(18,19)13-4-2-1-3-11(12)13/h1-4,10,12H,5-9H2,(H,16,17). The molecular weight excluding hydrogens is 310 g/mol. The summed E-state index contributed by atoms with van der Waals surface area (Å²) in [6.07, 6.45) is 0.0612. The molecule has 1 aromatic rings. The van der Waals surface area contributed by atoms with Crippen LogP contribution in [0.3, 0.4) is 0 Å². The van der Waals surface area contributed by atoms with Crippen molar-refractivity contribution in [3.05, 3.63) is 29.8 Å². The van der Waals surface area contributed by atoms with E-state index in [-0.39, 0.29) is 24.3 Å². The molecule has 0 radical (unpaired) electrons. The molecule has 1 fully saturated rings. The molecular formula is C14H17NO4S2. The lowest BCUT2D eigenvalue weighted by atomic mass is 10.0. The molecule has 0 spiro atoms. The van der Waals surface area contributed by atoms with Crippen LogP contribution in [0.1, 0.15) is 18.0 Å². The van der Waals surface area contributed by atoms with E-state index in [1.807, 2.05) is 12.1 Å². The molecule has 2 heterocycles. The van der Waals surface area contributed by atoms with Crippen molar-refractivity contribution in [1.82, 2.24) is 4.90 Å². The van der Waals surface area contributed by atoms with Crippen LogP contribution < -0.4 is 0 Å². The second-order valence-electron chi connectivity index (χ2n) is 5.40. The predicted octanol–water partition coefficient (Wildman–Crippen LogP) is 1.41. The Morgan fingerprint density at radius 3 is 2.90 bits per heavy atom. The highest BCUT2D eigenvalue weighted by molar-refractivity contribution is 7.99. The third kappa shape index (κ3) is 2.82.